The molecule has 1 rings (SSSR count). The fourth-order valence-corrected chi connectivity index (χ4v) is 1.34. The van der Waals surface area contributed by atoms with Gasteiger partial charge in [0.25, 0.3) is 0 Å². The second-order valence-corrected chi connectivity index (χ2v) is 3.84. The molecular formula is C16H16N2. The molecule has 1 aromatic carbocycles. The SMILES string of the molecule is C=CC(=C)/C=C\N=C(C)c1ccc(CC#N)cc1. The van der Waals surface area contributed by atoms with E-state index >= 15 is 0 Å². The average Bonchev–Trinajstić information content (AvgIpc) is 2.39. The molecule has 0 aliphatic heterocycles. The number of nitriles is 1. The van der Waals surface area contributed by atoms with Gasteiger partial charge in [0.15, 0.2) is 0 Å². The van der Waals surface area contributed by atoms with Gasteiger partial charge in [-0.15, -0.1) is 0 Å². The second kappa shape index (κ2) is 7.03. The molecule has 0 spiro atoms. The molecule has 18 heavy (non-hydrogen) atoms. The van der Waals surface area contributed by atoms with Gasteiger partial charge in [0.05, 0.1) is 12.5 Å². The number of benzene rings is 1. The first kappa shape index (κ1) is 13.7. The van der Waals surface area contributed by atoms with Gasteiger partial charge in [-0.25, -0.2) is 0 Å². The zero-order valence-corrected chi connectivity index (χ0v) is 10.6. The first-order valence-corrected chi connectivity index (χ1v) is 5.66. The Kier molecular flexibility index (Phi) is 5.34. The van der Waals surface area contributed by atoms with E-state index in [0.717, 1.165) is 22.4 Å². The number of allylic oxidation sites excluding steroid dienone is 3. The molecule has 0 heterocycles. The van der Waals surface area contributed by atoms with Crippen molar-refractivity contribution in [2.24, 2.45) is 4.99 Å². The van der Waals surface area contributed by atoms with Crippen LogP contribution in [0.1, 0.15) is 18.1 Å². The highest BCUT2D eigenvalue weighted by molar-refractivity contribution is 5.99. The quantitative estimate of drug-likeness (QED) is 0.565. The van der Waals surface area contributed by atoms with Crippen molar-refractivity contribution in [3.63, 3.8) is 0 Å². The van der Waals surface area contributed by atoms with Crippen LogP contribution in [0.4, 0.5) is 0 Å². The highest BCUT2D eigenvalue weighted by Gasteiger charge is 1.96. The third kappa shape index (κ3) is 4.23. The number of aliphatic imine (C=N–C) groups is 1. The van der Waals surface area contributed by atoms with Gasteiger partial charge in [-0.2, -0.15) is 5.26 Å². The molecule has 0 atom stereocenters. The summed E-state index contributed by atoms with van der Waals surface area (Å²) in [6, 6.07) is 9.97. The van der Waals surface area contributed by atoms with Crippen LogP contribution in [0, 0.1) is 11.3 Å². The summed E-state index contributed by atoms with van der Waals surface area (Å²) in [4.78, 5) is 4.32. The predicted molar refractivity (Wildman–Crippen MR) is 76.4 cm³/mol. The molecule has 0 aliphatic carbocycles. The summed E-state index contributed by atoms with van der Waals surface area (Å²) in [6.45, 7) is 9.33. The summed E-state index contributed by atoms with van der Waals surface area (Å²) in [7, 11) is 0. The molecule has 2 heteroatoms. The number of hydrogen-bond donors (Lipinski definition) is 0. The average molecular weight is 236 g/mol. The fourth-order valence-electron chi connectivity index (χ4n) is 1.34. The van der Waals surface area contributed by atoms with Gasteiger partial charge in [-0.05, 0) is 29.7 Å². The minimum atomic E-state index is 0.440. The van der Waals surface area contributed by atoms with Crippen LogP contribution in [0.25, 0.3) is 0 Å². The van der Waals surface area contributed by atoms with Gasteiger partial charge in [0.1, 0.15) is 0 Å². The van der Waals surface area contributed by atoms with E-state index in [4.69, 9.17) is 5.26 Å². The normalized spacial score (nSPS) is 11.2. The lowest BCUT2D eigenvalue weighted by molar-refractivity contribution is 1.26. The van der Waals surface area contributed by atoms with Crippen LogP contribution in [0.15, 0.2) is 66.3 Å². The fraction of sp³-hybridized carbons (Fsp3) is 0.125. The van der Waals surface area contributed by atoms with Crippen molar-refractivity contribution in [2.45, 2.75) is 13.3 Å². The third-order valence-electron chi connectivity index (χ3n) is 2.47. The number of hydrogen-bond acceptors (Lipinski definition) is 2. The molecule has 2 nitrogen and oxygen atoms in total. The molecule has 0 aromatic heterocycles. The van der Waals surface area contributed by atoms with Crippen molar-refractivity contribution in [3.8, 4) is 6.07 Å². The van der Waals surface area contributed by atoms with Crippen LogP contribution >= 0.6 is 0 Å². The Morgan fingerprint density at radius 2 is 2.06 bits per heavy atom. The van der Waals surface area contributed by atoms with Crippen molar-refractivity contribution in [2.75, 3.05) is 0 Å². The van der Waals surface area contributed by atoms with Crippen LogP contribution in [-0.2, 0) is 6.42 Å². The van der Waals surface area contributed by atoms with Crippen LogP contribution in [0.5, 0.6) is 0 Å². The van der Waals surface area contributed by atoms with Crippen molar-refractivity contribution in [3.05, 3.63) is 72.5 Å². The minimum Gasteiger partial charge on any atom is -0.261 e. The first-order valence-electron chi connectivity index (χ1n) is 5.66. The van der Waals surface area contributed by atoms with E-state index in [1.165, 1.54) is 0 Å². The van der Waals surface area contributed by atoms with E-state index in [1.807, 2.05) is 31.2 Å². The van der Waals surface area contributed by atoms with Gasteiger partial charge in [-0.3, -0.25) is 4.99 Å². The highest BCUT2D eigenvalue weighted by atomic mass is 14.7. The van der Waals surface area contributed by atoms with E-state index in [9.17, 15) is 0 Å². The topological polar surface area (TPSA) is 36.1 Å². The van der Waals surface area contributed by atoms with Gasteiger partial charge in [0, 0.05) is 11.9 Å². The standard InChI is InChI=1S/C16H16N2/c1-4-13(2)10-12-18-14(3)16-7-5-15(6-8-16)9-11-17/h4-8,10,12H,1-2,9H2,3H3/b12-10-,18-14?. The van der Waals surface area contributed by atoms with Gasteiger partial charge < -0.3 is 0 Å². The Labute approximate surface area is 108 Å². The molecule has 0 aliphatic rings. The predicted octanol–water partition coefficient (Wildman–Crippen LogP) is 3.82. The Morgan fingerprint density at radius 3 is 2.61 bits per heavy atom. The third-order valence-corrected chi connectivity index (χ3v) is 2.47. The first-order chi connectivity index (χ1) is 8.67. The molecule has 0 amide bonds. The maximum absolute atomic E-state index is 8.59. The van der Waals surface area contributed by atoms with Crippen LogP contribution in [0.2, 0.25) is 0 Å². The van der Waals surface area contributed by atoms with Crippen LogP contribution < -0.4 is 0 Å². The maximum atomic E-state index is 8.59. The maximum Gasteiger partial charge on any atom is 0.0669 e. The largest absolute Gasteiger partial charge is 0.261 e. The molecule has 0 fully saturated rings. The summed E-state index contributed by atoms with van der Waals surface area (Å²) in [5.74, 6) is 0. The zero-order valence-electron chi connectivity index (χ0n) is 10.6. The summed E-state index contributed by atoms with van der Waals surface area (Å²) < 4.78 is 0. The lowest BCUT2D eigenvalue weighted by Crippen LogP contribution is -1.94. The van der Waals surface area contributed by atoms with Gasteiger partial charge >= 0.3 is 0 Å². The van der Waals surface area contributed by atoms with E-state index < -0.39 is 0 Å². The van der Waals surface area contributed by atoms with E-state index in [1.54, 1.807) is 18.4 Å². The van der Waals surface area contributed by atoms with Crippen LogP contribution in [0.3, 0.4) is 0 Å². The highest BCUT2D eigenvalue weighted by Crippen LogP contribution is 2.07. The van der Waals surface area contributed by atoms with Crippen molar-refractivity contribution in [1.29, 1.82) is 5.26 Å². The van der Waals surface area contributed by atoms with Crippen LogP contribution in [-0.4, -0.2) is 5.71 Å². The van der Waals surface area contributed by atoms with E-state index in [0.29, 0.717) is 6.42 Å². The molecular weight excluding hydrogens is 220 g/mol. The lowest BCUT2D eigenvalue weighted by Gasteiger charge is -2.00. The molecule has 0 unspecified atom stereocenters. The summed E-state index contributed by atoms with van der Waals surface area (Å²) in [5, 5.41) is 8.59. The van der Waals surface area contributed by atoms with Gasteiger partial charge in [-0.1, -0.05) is 43.5 Å². The Morgan fingerprint density at radius 1 is 1.39 bits per heavy atom. The van der Waals surface area contributed by atoms with Crippen molar-refractivity contribution < 1.29 is 0 Å². The Bertz CT molecular complexity index is 525. The summed E-state index contributed by atoms with van der Waals surface area (Å²) in [5.41, 5.74) is 3.82. The smallest absolute Gasteiger partial charge is 0.0669 e. The Hall–Kier alpha value is -2.40. The summed E-state index contributed by atoms with van der Waals surface area (Å²) >= 11 is 0. The monoisotopic (exact) mass is 236 g/mol. The van der Waals surface area contributed by atoms with E-state index in [-0.39, 0.29) is 0 Å². The second-order valence-electron chi connectivity index (χ2n) is 3.84. The minimum absolute atomic E-state index is 0.440. The van der Waals surface area contributed by atoms with Crippen molar-refractivity contribution >= 4 is 5.71 Å². The number of rotatable bonds is 5. The Balaban J connectivity index is 2.78. The molecule has 0 saturated carbocycles. The summed E-state index contributed by atoms with van der Waals surface area (Å²) in [6.07, 6.45) is 5.64. The molecule has 0 bridgehead atoms. The molecule has 90 valence electrons. The molecule has 0 saturated heterocycles. The molecule has 1 aromatic rings. The zero-order chi connectivity index (χ0) is 13.4. The number of nitrogens with zero attached hydrogens (tertiary/aromatic N) is 2. The van der Waals surface area contributed by atoms with Gasteiger partial charge in [0.2, 0.25) is 0 Å². The van der Waals surface area contributed by atoms with E-state index in [2.05, 4.69) is 24.2 Å². The molecule has 0 N–H and O–H groups in total. The molecule has 0 radical (unpaired) electrons. The lowest BCUT2D eigenvalue weighted by atomic mass is 10.1. The van der Waals surface area contributed by atoms with Crippen molar-refractivity contribution in [1.82, 2.24) is 0 Å².